The van der Waals surface area contributed by atoms with Gasteiger partial charge in [0.2, 0.25) is 0 Å². The van der Waals surface area contributed by atoms with Gasteiger partial charge in [0.25, 0.3) is 0 Å². The Labute approximate surface area is 59.3 Å². The van der Waals surface area contributed by atoms with Gasteiger partial charge in [-0.25, -0.2) is 0 Å². The maximum atomic E-state index is 3.18. The van der Waals surface area contributed by atoms with Crippen LogP contribution in [0.15, 0.2) is 0 Å². The Morgan fingerprint density at radius 2 is 2.38 bits per heavy atom. The molecule has 0 atom stereocenters. The normalized spacial score (nSPS) is 13.1. The summed E-state index contributed by atoms with van der Waals surface area (Å²) in [6.45, 7) is 1.25. The third kappa shape index (κ3) is 6.61. The van der Waals surface area contributed by atoms with Gasteiger partial charge in [-0.05, 0) is 38.3 Å². The lowest BCUT2D eigenvalue weighted by Gasteiger charge is -1.94. The molecule has 50 valence electrons. The van der Waals surface area contributed by atoms with Crippen LogP contribution in [0.1, 0.15) is 6.42 Å². The van der Waals surface area contributed by atoms with E-state index >= 15 is 0 Å². The van der Waals surface area contributed by atoms with Crippen LogP contribution in [0.3, 0.4) is 0 Å². The van der Waals surface area contributed by atoms with Crippen LogP contribution in [0.4, 0.5) is 0 Å². The molecular weight excluding hydrogens is 146 g/mol. The van der Waals surface area contributed by atoms with E-state index in [1.165, 1.54) is 13.0 Å². The smallest absolute Gasteiger partial charge is 0.00466 e. The first-order valence-corrected chi connectivity index (χ1v) is 14.2. The Bertz CT molecular complexity index is 36.3. The Hall–Kier alpha value is 0.611. The van der Waals surface area contributed by atoms with E-state index in [0.717, 1.165) is 0 Å². The summed E-state index contributed by atoms with van der Waals surface area (Å²) in [5.74, 6) is 0. The molecule has 0 amide bonds. The van der Waals surface area contributed by atoms with Crippen molar-refractivity contribution in [3.63, 3.8) is 0 Å². The highest BCUT2D eigenvalue weighted by atomic mass is 29.5. The minimum absolute atomic E-state index is 0.562. The van der Waals surface area contributed by atoms with Crippen LogP contribution in [0, 0.1) is 0 Å². The van der Waals surface area contributed by atoms with Gasteiger partial charge in [0, 0.05) is 9.04 Å². The predicted octanol–water partition coefficient (Wildman–Crippen LogP) is -2.45. The number of hydrogen-bond donors (Lipinski definition) is 1. The summed E-state index contributed by atoms with van der Waals surface area (Å²) in [6.07, 6.45) is 1.46. The van der Waals surface area contributed by atoms with Gasteiger partial charge in [-0.1, -0.05) is 6.04 Å². The topological polar surface area (TPSA) is 12.0 Å². The van der Waals surface area contributed by atoms with E-state index in [1.54, 1.807) is 15.8 Å². The SMILES string of the molecule is CNCCC[SiH2][SiH2][SiH3]. The number of hydrogen-bond acceptors (Lipinski definition) is 1. The lowest BCUT2D eigenvalue weighted by Crippen LogP contribution is -2.10. The second kappa shape index (κ2) is 7.61. The van der Waals surface area contributed by atoms with Gasteiger partial charge < -0.3 is 5.32 Å². The molecule has 1 N–H and O–H groups in total. The molecule has 0 saturated heterocycles. The lowest BCUT2D eigenvalue weighted by molar-refractivity contribution is 0.771. The highest BCUT2D eigenvalue weighted by molar-refractivity contribution is 7.23. The van der Waals surface area contributed by atoms with Crippen LogP contribution in [0.25, 0.3) is 0 Å². The molecule has 0 bridgehead atoms. The maximum absolute atomic E-state index is 3.18. The Morgan fingerprint density at radius 1 is 1.62 bits per heavy atom. The number of nitrogens with one attached hydrogen (secondary N) is 1. The monoisotopic (exact) mass is 163 g/mol. The van der Waals surface area contributed by atoms with E-state index in [2.05, 4.69) is 5.32 Å². The molecule has 0 rings (SSSR count). The molecule has 4 heteroatoms. The Kier molecular flexibility index (Phi) is 8.19. The van der Waals surface area contributed by atoms with Crippen molar-refractivity contribution < 1.29 is 0 Å². The fourth-order valence-corrected chi connectivity index (χ4v) is 8.89. The molecule has 0 unspecified atom stereocenters. The number of rotatable bonds is 5. The van der Waals surface area contributed by atoms with Gasteiger partial charge in [-0.15, -0.1) is 0 Å². The fraction of sp³-hybridized carbons (Fsp3) is 1.00. The molecule has 0 saturated carbocycles. The molecule has 0 heterocycles. The summed E-state index contributed by atoms with van der Waals surface area (Å²) in [5.41, 5.74) is 0. The Morgan fingerprint density at radius 3 is 2.88 bits per heavy atom. The van der Waals surface area contributed by atoms with E-state index in [1.807, 2.05) is 7.05 Å². The summed E-state index contributed by atoms with van der Waals surface area (Å²) in [7, 11) is 4.83. The highest BCUT2D eigenvalue weighted by Gasteiger charge is 1.84. The quantitative estimate of drug-likeness (QED) is 0.350. The van der Waals surface area contributed by atoms with Gasteiger partial charge in [-0.2, -0.15) is 0 Å². The van der Waals surface area contributed by atoms with E-state index in [9.17, 15) is 0 Å². The summed E-state index contributed by atoms with van der Waals surface area (Å²) < 4.78 is 0. The second-order valence-corrected chi connectivity index (χ2v) is 18.7. The minimum atomic E-state index is 0.562. The maximum Gasteiger partial charge on any atom is 0.00466 e. The molecule has 0 fully saturated rings. The van der Waals surface area contributed by atoms with Crippen molar-refractivity contribution in [2.75, 3.05) is 13.6 Å². The van der Waals surface area contributed by atoms with Gasteiger partial charge >= 0.3 is 0 Å². The molecule has 0 aliphatic rings. The summed E-state index contributed by atoms with van der Waals surface area (Å²) in [6, 6.07) is 1.62. The van der Waals surface area contributed by atoms with Crippen LogP contribution < -0.4 is 5.32 Å². The van der Waals surface area contributed by atoms with Crippen molar-refractivity contribution in [1.82, 2.24) is 5.32 Å². The standard InChI is InChI=1S/C4H17NSi3/c1-5-3-2-4-7-8-6/h5H,2-4,7-8H2,1,6H3. The van der Waals surface area contributed by atoms with Gasteiger partial charge in [0.05, 0.1) is 0 Å². The zero-order chi connectivity index (χ0) is 6.24. The summed E-state index contributed by atoms with van der Waals surface area (Å²) in [4.78, 5) is 0. The second-order valence-electron chi connectivity index (χ2n) is 2.16. The first-order chi connectivity index (χ1) is 3.91. The lowest BCUT2D eigenvalue weighted by atomic mass is 10.5. The zero-order valence-corrected chi connectivity index (χ0v) is 10.9. The molecule has 0 aromatic rings. The van der Waals surface area contributed by atoms with Crippen molar-refractivity contribution in [3.05, 3.63) is 0 Å². The molecule has 8 heavy (non-hydrogen) atoms. The molecule has 0 aromatic carbocycles. The first-order valence-electron chi connectivity index (χ1n) is 3.56. The van der Waals surface area contributed by atoms with Crippen LogP contribution in [0.5, 0.6) is 0 Å². The molecule has 0 aliphatic heterocycles. The van der Waals surface area contributed by atoms with E-state index < -0.39 is 0 Å². The molecular formula is C4H17NSi3. The highest BCUT2D eigenvalue weighted by Crippen LogP contribution is 1.82. The van der Waals surface area contributed by atoms with Crippen molar-refractivity contribution in [3.8, 4) is 0 Å². The van der Waals surface area contributed by atoms with Crippen LogP contribution in [0.2, 0.25) is 6.04 Å². The zero-order valence-electron chi connectivity index (χ0n) is 6.04. The van der Waals surface area contributed by atoms with E-state index in [-0.39, 0.29) is 0 Å². The molecule has 1 nitrogen and oxygen atoms in total. The average Bonchev–Trinajstić information content (AvgIpc) is 1.81. The third-order valence-corrected chi connectivity index (χ3v) is 13.0. The van der Waals surface area contributed by atoms with Crippen LogP contribution >= 0.6 is 0 Å². The van der Waals surface area contributed by atoms with Gasteiger partial charge in [-0.3, -0.25) is 0 Å². The summed E-state index contributed by atoms with van der Waals surface area (Å²) in [5, 5.41) is 3.18. The van der Waals surface area contributed by atoms with Crippen LogP contribution in [-0.2, 0) is 0 Å². The van der Waals surface area contributed by atoms with E-state index in [4.69, 9.17) is 0 Å². The van der Waals surface area contributed by atoms with Crippen LogP contribution in [-0.4, -0.2) is 40.9 Å². The first kappa shape index (κ1) is 8.61. The molecule has 0 spiro atoms. The molecule has 0 radical (unpaired) electrons. The third-order valence-electron chi connectivity index (χ3n) is 1.28. The van der Waals surface area contributed by atoms with Gasteiger partial charge in [0.1, 0.15) is 0 Å². The Balaban J connectivity index is 2.53. The molecule has 0 aromatic heterocycles. The average molecular weight is 163 g/mol. The van der Waals surface area contributed by atoms with Crippen molar-refractivity contribution in [2.24, 2.45) is 0 Å². The summed E-state index contributed by atoms with van der Waals surface area (Å²) >= 11 is 0. The van der Waals surface area contributed by atoms with Crippen molar-refractivity contribution in [1.29, 1.82) is 0 Å². The minimum Gasteiger partial charge on any atom is -0.320 e. The van der Waals surface area contributed by atoms with Gasteiger partial charge in [0.15, 0.2) is 0 Å². The predicted molar refractivity (Wildman–Crippen MR) is 50.4 cm³/mol. The van der Waals surface area contributed by atoms with Crippen molar-refractivity contribution in [2.45, 2.75) is 12.5 Å². The largest absolute Gasteiger partial charge is 0.320 e. The fourth-order valence-electron chi connectivity index (χ4n) is 0.729. The molecule has 0 aliphatic carbocycles. The van der Waals surface area contributed by atoms with E-state index in [0.29, 0.717) is 17.6 Å². The van der Waals surface area contributed by atoms with Crippen molar-refractivity contribution >= 4 is 27.4 Å².